The minimum Gasteiger partial charge on any atom is -0.316 e. The van der Waals surface area contributed by atoms with Crippen LogP contribution in [-0.4, -0.2) is 27.5 Å². The average Bonchev–Trinajstić information content (AvgIpc) is 2.73. The Balaban J connectivity index is 1.51. The van der Waals surface area contributed by atoms with Gasteiger partial charge in [0.2, 0.25) is 0 Å². The lowest BCUT2D eigenvalue weighted by Crippen LogP contribution is -2.60. The van der Waals surface area contributed by atoms with Gasteiger partial charge in [0.25, 0.3) is 0 Å². The molecule has 2 fully saturated rings. The molecule has 2 aromatic rings. The molecule has 1 aliphatic carbocycles. The van der Waals surface area contributed by atoms with Gasteiger partial charge in [-0.3, -0.25) is 4.98 Å². The number of halogens is 3. The van der Waals surface area contributed by atoms with Crippen LogP contribution in [0.3, 0.4) is 0 Å². The third-order valence-corrected chi connectivity index (χ3v) is 4.63. The highest BCUT2D eigenvalue weighted by molar-refractivity contribution is 5.38. The van der Waals surface area contributed by atoms with Crippen LogP contribution in [0.25, 0.3) is 5.65 Å². The summed E-state index contributed by atoms with van der Waals surface area (Å²) in [6.45, 7) is 2.21. The number of hydrogen-bond donors (Lipinski definition) is 1. The maximum absolute atomic E-state index is 12.6. The Morgan fingerprint density at radius 1 is 1.29 bits per heavy atom. The second-order valence-corrected chi connectivity index (χ2v) is 6.35. The van der Waals surface area contributed by atoms with E-state index < -0.39 is 11.9 Å². The summed E-state index contributed by atoms with van der Waals surface area (Å²) in [4.78, 5) is 7.80. The standard InChI is InChI=1S/C14H15F3N4/c15-14(16,17)11-6-21-5-10(19-4-12(21)20-11)1-9-2-13(3-9)7-18-8-13/h4-6,9,18H,1-3,7-8H2. The highest BCUT2D eigenvalue weighted by atomic mass is 19.4. The predicted octanol–water partition coefficient (Wildman–Crippen LogP) is 2.29. The summed E-state index contributed by atoms with van der Waals surface area (Å²) >= 11 is 0. The van der Waals surface area contributed by atoms with Gasteiger partial charge < -0.3 is 9.72 Å². The van der Waals surface area contributed by atoms with E-state index >= 15 is 0 Å². The molecule has 1 spiro atoms. The van der Waals surface area contributed by atoms with E-state index in [2.05, 4.69) is 15.3 Å². The van der Waals surface area contributed by atoms with Crippen LogP contribution in [0.1, 0.15) is 24.2 Å². The van der Waals surface area contributed by atoms with Gasteiger partial charge in [0, 0.05) is 25.5 Å². The van der Waals surface area contributed by atoms with Gasteiger partial charge in [0.15, 0.2) is 11.3 Å². The van der Waals surface area contributed by atoms with Crippen molar-refractivity contribution in [3.63, 3.8) is 0 Å². The Kier molecular flexibility index (Phi) is 2.61. The number of rotatable bonds is 2. The summed E-state index contributed by atoms with van der Waals surface area (Å²) in [5.41, 5.74) is 0.706. The molecule has 0 atom stereocenters. The normalized spacial score (nSPS) is 21.5. The summed E-state index contributed by atoms with van der Waals surface area (Å²) in [7, 11) is 0. The number of nitrogens with zero attached hydrogens (tertiary/aromatic N) is 3. The summed E-state index contributed by atoms with van der Waals surface area (Å²) in [5.74, 6) is 0.600. The second kappa shape index (κ2) is 4.19. The molecular weight excluding hydrogens is 281 g/mol. The molecule has 0 aromatic carbocycles. The lowest BCUT2D eigenvalue weighted by molar-refractivity contribution is -0.140. The van der Waals surface area contributed by atoms with Crippen LogP contribution < -0.4 is 5.32 Å². The molecule has 1 aliphatic heterocycles. The summed E-state index contributed by atoms with van der Waals surface area (Å²) in [6, 6.07) is 0. The first-order valence-corrected chi connectivity index (χ1v) is 7.05. The van der Waals surface area contributed by atoms with Gasteiger partial charge in [0.1, 0.15) is 0 Å². The predicted molar refractivity (Wildman–Crippen MR) is 69.7 cm³/mol. The Hall–Kier alpha value is -1.63. The Morgan fingerprint density at radius 2 is 2.05 bits per heavy atom. The molecule has 0 unspecified atom stereocenters. The van der Waals surface area contributed by atoms with Crippen molar-refractivity contribution in [2.75, 3.05) is 13.1 Å². The molecule has 112 valence electrons. The fourth-order valence-electron chi connectivity index (χ4n) is 3.56. The van der Waals surface area contributed by atoms with Crippen molar-refractivity contribution in [1.82, 2.24) is 19.7 Å². The van der Waals surface area contributed by atoms with Crippen LogP contribution >= 0.6 is 0 Å². The Labute approximate surface area is 119 Å². The SMILES string of the molecule is FC(F)(F)c1cn2cc(CC3CC4(CNC4)C3)ncc2n1. The van der Waals surface area contributed by atoms with Crippen molar-refractivity contribution in [2.24, 2.45) is 11.3 Å². The van der Waals surface area contributed by atoms with E-state index in [1.54, 1.807) is 6.20 Å². The van der Waals surface area contributed by atoms with Crippen molar-refractivity contribution in [1.29, 1.82) is 0 Å². The van der Waals surface area contributed by atoms with Crippen molar-refractivity contribution < 1.29 is 13.2 Å². The highest BCUT2D eigenvalue weighted by Crippen LogP contribution is 2.49. The quantitative estimate of drug-likeness (QED) is 0.924. The first kappa shape index (κ1) is 13.1. The summed E-state index contributed by atoms with van der Waals surface area (Å²) in [5, 5.41) is 3.29. The summed E-state index contributed by atoms with van der Waals surface area (Å²) in [6.07, 6.45) is 2.92. The number of fused-ring (bicyclic) bond motifs is 1. The molecule has 0 amide bonds. The maximum atomic E-state index is 12.6. The van der Waals surface area contributed by atoms with E-state index in [0.717, 1.165) is 31.4 Å². The smallest absolute Gasteiger partial charge is 0.316 e. The molecule has 4 nitrogen and oxygen atoms in total. The number of nitrogens with one attached hydrogen (secondary N) is 1. The molecule has 1 saturated carbocycles. The molecule has 4 rings (SSSR count). The van der Waals surface area contributed by atoms with Gasteiger partial charge in [-0.25, -0.2) is 4.98 Å². The van der Waals surface area contributed by atoms with E-state index in [4.69, 9.17) is 0 Å². The topological polar surface area (TPSA) is 42.2 Å². The first-order valence-electron chi connectivity index (χ1n) is 7.05. The van der Waals surface area contributed by atoms with E-state index in [9.17, 15) is 13.2 Å². The molecule has 21 heavy (non-hydrogen) atoms. The highest BCUT2D eigenvalue weighted by Gasteiger charge is 2.48. The average molecular weight is 296 g/mol. The molecule has 7 heteroatoms. The zero-order chi connectivity index (χ0) is 14.7. The van der Waals surface area contributed by atoms with Crippen molar-refractivity contribution >= 4 is 5.65 Å². The third kappa shape index (κ3) is 2.19. The fraction of sp³-hybridized carbons (Fsp3) is 0.571. The third-order valence-electron chi connectivity index (χ3n) is 4.63. The van der Waals surface area contributed by atoms with Crippen LogP contribution in [0.15, 0.2) is 18.6 Å². The number of imidazole rings is 1. The molecule has 1 N–H and O–H groups in total. The second-order valence-electron chi connectivity index (χ2n) is 6.35. The van der Waals surface area contributed by atoms with Crippen LogP contribution in [-0.2, 0) is 12.6 Å². The van der Waals surface area contributed by atoms with Crippen molar-refractivity contribution in [3.05, 3.63) is 30.0 Å². The molecule has 0 radical (unpaired) electrons. The lowest BCUT2D eigenvalue weighted by Gasteiger charge is -2.54. The minimum absolute atomic E-state index is 0.236. The van der Waals surface area contributed by atoms with E-state index in [1.165, 1.54) is 23.4 Å². The molecule has 1 saturated heterocycles. The zero-order valence-corrected chi connectivity index (χ0v) is 11.3. The van der Waals surface area contributed by atoms with Gasteiger partial charge in [-0.2, -0.15) is 13.2 Å². The molecular formula is C14H15F3N4. The Morgan fingerprint density at radius 3 is 2.67 bits per heavy atom. The van der Waals surface area contributed by atoms with Crippen LogP contribution in [0.5, 0.6) is 0 Å². The monoisotopic (exact) mass is 296 g/mol. The molecule has 0 bridgehead atoms. The maximum Gasteiger partial charge on any atom is 0.434 e. The zero-order valence-electron chi connectivity index (χ0n) is 11.3. The van der Waals surface area contributed by atoms with E-state index in [0.29, 0.717) is 11.3 Å². The molecule has 2 aliphatic rings. The number of aromatic nitrogens is 3. The number of alkyl halides is 3. The lowest BCUT2D eigenvalue weighted by atomic mass is 9.57. The molecule has 2 aromatic heterocycles. The first-order chi connectivity index (χ1) is 9.94. The fourth-order valence-corrected chi connectivity index (χ4v) is 3.56. The minimum atomic E-state index is -4.41. The van der Waals surface area contributed by atoms with Crippen LogP contribution in [0, 0.1) is 11.3 Å². The van der Waals surface area contributed by atoms with Crippen LogP contribution in [0.4, 0.5) is 13.2 Å². The largest absolute Gasteiger partial charge is 0.434 e. The van der Waals surface area contributed by atoms with E-state index in [-0.39, 0.29) is 5.65 Å². The van der Waals surface area contributed by atoms with Gasteiger partial charge in [-0.15, -0.1) is 0 Å². The van der Waals surface area contributed by atoms with Gasteiger partial charge in [-0.05, 0) is 30.6 Å². The van der Waals surface area contributed by atoms with Crippen molar-refractivity contribution in [3.8, 4) is 0 Å². The van der Waals surface area contributed by atoms with Crippen LogP contribution in [0.2, 0.25) is 0 Å². The number of hydrogen-bond acceptors (Lipinski definition) is 3. The van der Waals surface area contributed by atoms with Gasteiger partial charge in [-0.1, -0.05) is 0 Å². The van der Waals surface area contributed by atoms with Gasteiger partial charge in [0.05, 0.1) is 11.9 Å². The van der Waals surface area contributed by atoms with E-state index in [1.807, 2.05) is 0 Å². The summed E-state index contributed by atoms with van der Waals surface area (Å²) < 4.78 is 39.3. The molecule has 3 heterocycles. The Bertz CT molecular complexity index is 679. The van der Waals surface area contributed by atoms with Gasteiger partial charge >= 0.3 is 6.18 Å². The van der Waals surface area contributed by atoms with Crippen molar-refractivity contribution in [2.45, 2.75) is 25.4 Å².